The van der Waals surface area contributed by atoms with Gasteiger partial charge in [-0.05, 0) is 30.9 Å². The van der Waals surface area contributed by atoms with Gasteiger partial charge in [0.2, 0.25) is 0 Å². The SMILES string of the molecule is CC(C)C1CCCN1c1cc(C#N)ccn1. The van der Waals surface area contributed by atoms with Crippen LogP contribution >= 0.6 is 0 Å². The van der Waals surface area contributed by atoms with Gasteiger partial charge in [0.25, 0.3) is 0 Å². The van der Waals surface area contributed by atoms with E-state index < -0.39 is 0 Å². The lowest BCUT2D eigenvalue weighted by Crippen LogP contribution is -2.33. The first-order chi connectivity index (χ1) is 7.72. The van der Waals surface area contributed by atoms with Crippen molar-refractivity contribution in [2.24, 2.45) is 5.92 Å². The van der Waals surface area contributed by atoms with Crippen LogP contribution in [-0.2, 0) is 0 Å². The molecule has 0 saturated carbocycles. The summed E-state index contributed by atoms with van der Waals surface area (Å²) in [6, 6.07) is 6.38. The molecule has 1 aliphatic heterocycles. The first-order valence-electron chi connectivity index (χ1n) is 5.85. The highest BCUT2D eigenvalue weighted by Crippen LogP contribution is 2.28. The van der Waals surface area contributed by atoms with E-state index in [1.54, 1.807) is 12.3 Å². The number of rotatable bonds is 2. The summed E-state index contributed by atoms with van der Waals surface area (Å²) < 4.78 is 0. The Bertz CT molecular complexity index is 406. The maximum Gasteiger partial charge on any atom is 0.130 e. The monoisotopic (exact) mass is 215 g/mol. The first-order valence-corrected chi connectivity index (χ1v) is 5.85. The van der Waals surface area contributed by atoms with E-state index in [1.807, 2.05) is 6.07 Å². The quantitative estimate of drug-likeness (QED) is 0.761. The van der Waals surface area contributed by atoms with Crippen LogP contribution in [-0.4, -0.2) is 17.6 Å². The van der Waals surface area contributed by atoms with Crippen molar-refractivity contribution in [2.45, 2.75) is 32.7 Å². The zero-order valence-electron chi connectivity index (χ0n) is 9.85. The standard InChI is InChI=1S/C13H17N3/c1-10(2)12-4-3-7-16(12)13-8-11(9-14)5-6-15-13/h5-6,8,10,12H,3-4,7H2,1-2H3. The minimum Gasteiger partial charge on any atom is -0.353 e. The average molecular weight is 215 g/mol. The second-order valence-corrected chi connectivity index (χ2v) is 4.66. The van der Waals surface area contributed by atoms with E-state index in [4.69, 9.17) is 5.26 Å². The average Bonchev–Trinajstić information content (AvgIpc) is 2.78. The van der Waals surface area contributed by atoms with Gasteiger partial charge in [-0.3, -0.25) is 0 Å². The smallest absolute Gasteiger partial charge is 0.130 e. The van der Waals surface area contributed by atoms with Gasteiger partial charge in [-0.1, -0.05) is 13.8 Å². The molecule has 84 valence electrons. The fourth-order valence-corrected chi connectivity index (χ4v) is 2.42. The molecule has 1 aromatic heterocycles. The highest BCUT2D eigenvalue weighted by atomic mass is 15.2. The molecule has 0 N–H and O–H groups in total. The summed E-state index contributed by atoms with van der Waals surface area (Å²) in [6.45, 7) is 5.55. The number of nitriles is 1. The molecule has 1 aromatic rings. The van der Waals surface area contributed by atoms with E-state index in [0.717, 1.165) is 12.4 Å². The summed E-state index contributed by atoms with van der Waals surface area (Å²) in [6.07, 6.45) is 4.18. The van der Waals surface area contributed by atoms with E-state index in [1.165, 1.54) is 12.8 Å². The highest BCUT2D eigenvalue weighted by Gasteiger charge is 2.27. The van der Waals surface area contributed by atoms with Crippen molar-refractivity contribution in [3.63, 3.8) is 0 Å². The predicted molar refractivity (Wildman–Crippen MR) is 64.2 cm³/mol. The summed E-state index contributed by atoms with van der Waals surface area (Å²) in [4.78, 5) is 6.72. The zero-order chi connectivity index (χ0) is 11.5. The van der Waals surface area contributed by atoms with Crippen LogP contribution in [0.2, 0.25) is 0 Å². The maximum absolute atomic E-state index is 8.88. The summed E-state index contributed by atoms with van der Waals surface area (Å²) in [5.41, 5.74) is 0.694. The van der Waals surface area contributed by atoms with Crippen LogP contribution in [0.5, 0.6) is 0 Å². The zero-order valence-corrected chi connectivity index (χ0v) is 9.85. The fourth-order valence-electron chi connectivity index (χ4n) is 2.42. The lowest BCUT2D eigenvalue weighted by atomic mass is 10.0. The molecule has 3 heteroatoms. The molecule has 0 radical (unpaired) electrons. The number of hydrogen-bond acceptors (Lipinski definition) is 3. The van der Waals surface area contributed by atoms with Gasteiger partial charge in [0.05, 0.1) is 11.6 Å². The van der Waals surface area contributed by atoms with Crippen LogP contribution in [0, 0.1) is 17.2 Å². The molecule has 1 saturated heterocycles. The second kappa shape index (κ2) is 4.52. The van der Waals surface area contributed by atoms with E-state index in [9.17, 15) is 0 Å². The van der Waals surface area contributed by atoms with Gasteiger partial charge in [0.15, 0.2) is 0 Å². The highest BCUT2D eigenvalue weighted by molar-refractivity contribution is 5.46. The lowest BCUT2D eigenvalue weighted by molar-refractivity contribution is 0.489. The van der Waals surface area contributed by atoms with Crippen LogP contribution < -0.4 is 4.90 Å². The van der Waals surface area contributed by atoms with E-state index in [-0.39, 0.29) is 0 Å². The third-order valence-electron chi connectivity index (χ3n) is 3.24. The van der Waals surface area contributed by atoms with Gasteiger partial charge in [0, 0.05) is 18.8 Å². The van der Waals surface area contributed by atoms with Gasteiger partial charge in [-0.25, -0.2) is 4.98 Å². The number of hydrogen-bond donors (Lipinski definition) is 0. The number of anilines is 1. The van der Waals surface area contributed by atoms with Crippen molar-refractivity contribution >= 4 is 5.82 Å². The molecule has 1 unspecified atom stereocenters. The summed E-state index contributed by atoms with van der Waals surface area (Å²) in [5, 5.41) is 8.88. The Morgan fingerprint density at radius 1 is 1.56 bits per heavy atom. The Hall–Kier alpha value is -1.56. The maximum atomic E-state index is 8.88. The van der Waals surface area contributed by atoms with Crippen LogP contribution in [0.4, 0.5) is 5.82 Å². The number of pyridine rings is 1. The molecule has 0 bridgehead atoms. The molecule has 2 heterocycles. The van der Waals surface area contributed by atoms with E-state index in [0.29, 0.717) is 17.5 Å². The summed E-state index contributed by atoms with van der Waals surface area (Å²) >= 11 is 0. The van der Waals surface area contributed by atoms with Crippen LogP contribution in [0.1, 0.15) is 32.3 Å². The molecule has 0 spiro atoms. The van der Waals surface area contributed by atoms with E-state index >= 15 is 0 Å². The molecule has 3 nitrogen and oxygen atoms in total. The lowest BCUT2D eigenvalue weighted by Gasteiger charge is -2.28. The molecule has 0 aliphatic carbocycles. The number of aromatic nitrogens is 1. The normalized spacial score (nSPS) is 20.1. The Labute approximate surface area is 96.7 Å². The van der Waals surface area contributed by atoms with Gasteiger partial charge in [0.1, 0.15) is 5.82 Å². The van der Waals surface area contributed by atoms with Crippen molar-refractivity contribution in [1.82, 2.24) is 4.98 Å². The molecule has 2 rings (SSSR count). The molecule has 1 atom stereocenters. The first kappa shape index (κ1) is 10.9. The Morgan fingerprint density at radius 3 is 3.06 bits per heavy atom. The molecule has 1 aliphatic rings. The summed E-state index contributed by atoms with van der Waals surface area (Å²) in [7, 11) is 0. The molecule has 1 fully saturated rings. The second-order valence-electron chi connectivity index (χ2n) is 4.66. The molecule has 0 aromatic carbocycles. The molecular formula is C13H17N3. The Morgan fingerprint density at radius 2 is 2.38 bits per heavy atom. The van der Waals surface area contributed by atoms with Crippen LogP contribution in [0.3, 0.4) is 0 Å². The predicted octanol–water partition coefficient (Wildman–Crippen LogP) is 2.58. The largest absolute Gasteiger partial charge is 0.353 e. The fraction of sp³-hybridized carbons (Fsp3) is 0.538. The Balaban J connectivity index is 2.26. The minimum atomic E-state index is 0.571. The van der Waals surface area contributed by atoms with Crippen molar-refractivity contribution in [2.75, 3.05) is 11.4 Å². The molecular weight excluding hydrogens is 198 g/mol. The van der Waals surface area contributed by atoms with Crippen molar-refractivity contribution in [3.05, 3.63) is 23.9 Å². The van der Waals surface area contributed by atoms with Crippen molar-refractivity contribution in [1.29, 1.82) is 5.26 Å². The van der Waals surface area contributed by atoms with Crippen LogP contribution in [0.25, 0.3) is 0 Å². The minimum absolute atomic E-state index is 0.571. The summed E-state index contributed by atoms with van der Waals surface area (Å²) in [5.74, 6) is 1.59. The Kier molecular flexibility index (Phi) is 3.09. The van der Waals surface area contributed by atoms with Crippen LogP contribution in [0.15, 0.2) is 18.3 Å². The van der Waals surface area contributed by atoms with Gasteiger partial charge >= 0.3 is 0 Å². The third kappa shape index (κ3) is 2.01. The van der Waals surface area contributed by atoms with Crippen molar-refractivity contribution in [3.8, 4) is 6.07 Å². The topological polar surface area (TPSA) is 39.9 Å². The van der Waals surface area contributed by atoms with Crippen molar-refractivity contribution < 1.29 is 0 Å². The number of nitrogens with zero attached hydrogens (tertiary/aromatic N) is 3. The molecule has 16 heavy (non-hydrogen) atoms. The molecule has 0 amide bonds. The van der Waals surface area contributed by atoms with Gasteiger partial charge in [-0.15, -0.1) is 0 Å². The van der Waals surface area contributed by atoms with Gasteiger partial charge < -0.3 is 4.90 Å². The van der Waals surface area contributed by atoms with E-state index in [2.05, 4.69) is 29.8 Å². The third-order valence-corrected chi connectivity index (χ3v) is 3.24. The van der Waals surface area contributed by atoms with Gasteiger partial charge in [-0.2, -0.15) is 5.26 Å².